The zero-order valence-corrected chi connectivity index (χ0v) is 16.4. The normalized spacial score (nSPS) is 11.5. The van der Waals surface area contributed by atoms with E-state index in [2.05, 4.69) is 4.99 Å². The lowest BCUT2D eigenvalue weighted by atomic mass is 10.1. The first kappa shape index (κ1) is 19.3. The van der Waals surface area contributed by atoms with Gasteiger partial charge in [0, 0.05) is 17.0 Å². The molecular weight excluding hydrogens is 382 g/mol. The fourth-order valence-electron chi connectivity index (χ4n) is 3.11. The first-order valence-corrected chi connectivity index (χ1v) is 9.20. The average Bonchev–Trinajstić information content (AvgIpc) is 2.79. The molecule has 0 radical (unpaired) electrons. The maximum absolute atomic E-state index is 11.2. The molecule has 0 saturated carbocycles. The zero-order chi connectivity index (χ0) is 21.1. The van der Waals surface area contributed by atoms with Crippen molar-refractivity contribution in [3.05, 3.63) is 83.7 Å². The number of carboxylic acid groups (broad SMARTS) is 1. The van der Waals surface area contributed by atoms with Gasteiger partial charge in [-0.3, -0.25) is 0 Å². The Morgan fingerprint density at radius 3 is 2.33 bits per heavy atom. The first-order valence-electron chi connectivity index (χ1n) is 9.20. The Morgan fingerprint density at radius 2 is 1.63 bits per heavy atom. The number of nitrogens with zero attached hydrogens (tertiary/aromatic N) is 1. The minimum atomic E-state index is -1.25. The number of hydrogen-bond donors (Lipinski definition) is 0. The number of carbonyl (C=O) groups is 1. The maximum Gasteiger partial charge on any atom is 0.137 e. The minimum Gasteiger partial charge on any atom is -0.545 e. The van der Waals surface area contributed by atoms with Crippen molar-refractivity contribution in [1.82, 2.24) is 0 Å². The Morgan fingerprint density at radius 1 is 0.900 bits per heavy atom. The maximum atomic E-state index is 11.2. The standard InChI is InChI=1S/C24H19NO5/c1-28-18-8-6-15(7-9-18)23-14-21(20-13-19(29-2)10-11-22(20)30-23)25-17-5-3-4-16(12-17)24(26)27/h3-14H,1-2H3,(H,26,27)/p-1. The summed E-state index contributed by atoms with van der Waals surface area (Å²) in [4.78, 5) is 15.9. The lowest BCUT2D eigenvalue weighted by molar-refractivity contribution is -0.255. The van der Waals surface area contributed by atoms with E-state index in [0.717, 1.165) is 16.7 Å². The van der Waals surface area contributed by atoms with Gasteiger partial charge in [-0.15, -0.1) is 0 Å². The molecule has 0 amide bonds. The number of benzene rings is 3. The van der Waals surface area contributed by atoms with Crippen molar-refractivity contribution in [2.75, 3.05) is 14.2 Å². The topological polar surface area (TPSA) is 84.1 Å². The van der Waals surface area contributed by atoms with Crippen LogP contribution in [0.4, 0.5) is 5.69 Å². The molecule has 0 saturated heterocycles. The summed E-state index contributed by atoms with van der Waals surface area (Å²) in [5, 5.41) is 12.6. The predicted octanol–water partition coefficient (Wildman–Crippen LogP) is 3.71. The number of carbonyl (C=O) groups excluding carboxylic acids is 1. The molecule has 30 heavy (non-hydrogen) atoms. The summed E-state index contributed by atoms with van der Waals surface area (Å²) < 4.78 is 16.7. The molecule has 1 aromatic heterocycles. The van der Waals surface area contributed by atoms with Crippen molar-refractivity contribution in [2.24, 2.45) is 4.99 Å². The molecule has 0 atom stereocenters. The highest BCUT2D eigenvalue weighted by atomic mass is 16.5. The molecule has 0 aliphatic heterocycles. The van der Waals surface area contributed by atoms with Crippen molar-refractivity contribution in [3.8, 4) is 22.8 Å². The van der Waals surface area contributed by atoms with Crippen LogP contribution in [0.2, 0.25) is 0 Å². The van der Waals surface area contributed by atoms with Gasteiger partial charge in [-0.1, -0.05) is 12.1 Å². The lowest BCUT2D eigenvalue weighted by Crippen LogP contribution is -2.21. The van der Waals surface area contributed by atoms with Crippen LogP contribution in [0.25, 0.3) is 22.3 Å². The number of carboxylic acids is 1. The van der Waals surface area contributed by atoms with Crippen molar-refractivity contribution < 1.29 is 23.8 Å². The van der Waals surface area contributed by atoms with E-state index in [9.17, 15) is 9.90 Å². The molecule has 4 rings (SSSR count). The van der Waals surface area contributed by atoms with Gasteiger partial charge in [0.05, 0.1) is 31.2 Å². The Balaban J connectivity index is 1.95. The number of methoxy groups -OCH3 is 2. The Hall–Kier alpha value is -4.06. The fraction of sp³-hybridized carbons (Fsp3) is 0.0833. The molecule has 4 aromatic rings. The van der Waals surface area contributed by atoms with Gasteiger partial charge in [0.25, 0.3) is 0 Å². The smallest absolute Gasteiger partial charge is 0.137 e. The van der Waals surface area contributed by atoms with E-state index in [-0.39, 0.29) is 5.56 Å². The van der Waals surface area contributed by atoms with Crippen molar-refractivity contribution in [2.45, 2.75) is 0 Å². The van der Waals surface area contributed by atoms with E-state index >= 15 is 0 Å². The summed E-state index contributed by atoms with van der Waals surface area (Å²) >= 11 is 0. The molecule has 150 valence electrons. The molecule has 0 N–H and O–H groups in total. The third kappa shape index (κ3) is 3.89. The van der Waals surface area contributed by atoms with Crippen LogP contribution in [0.3, 0.4) is 0 Å². The summed E-state index contributed by atoms with van der Waals surface area (Å²) in [7, 11) is 3.20. The van der Waals surface area contributed by atoms with Crippen molar-refractivity contribution in [3.63, 3.8) is 0 Å². The molecular formula is C24H18NO5-. The molecule has 6 heteroatoms. The van der Waals surface area contributed by atoms with Gasteiger partial charge in [-0.25, -0.2) is 4.99 Å². The second-order valence-corrected chi connectivity index (χ2v) is 6.54. The number of aromatic carboxylic acids is 1. The van der Waals surface area contributed by atoms with E-state index in [1.165, 1.54) is 12.1 Å². The molecule has 0 bridgehead atoms. The van der Waals surface area contributed by atoms with Gasteiger partial charge in [-0.2, -0.15) is 0 Å². The SMILES string of the molecule is COc1ccc(-c2cc(=Nc3cccc(C(=O)[O-])c3)c3cc(OC)ccc3o2)cc1. The second kappa shape index (κ2) is 8.13. The predicted molar refractivity (Wildman–Crippen MR) is 111 cm³/mol. The fourth-order valence-corrected chi connectivity index (χ4v) is 3.11. The molecule has 1 heterocycles. The van der Waals surface area contributed by atoms with Crippen molar-refractivity contribution >= 4 is 22.6 Å². The Bertz CT molecular complexity index is 1290. The van der Waals surface area contributed by atoms with E-state index in [1.807, 2.05) is 48.5 Å². The number of ether oxygens (including phenoxy) is 2. The third-order valence-corrected chi connectivity index (χ3v) is 4.66. The number of rotatable bonds is 5. The largest absolute Gasteiger partial charge is 0.545 e. The van der Waals surface area contributed by atoms with Crippen LogP contribution < -0.4 is 19.9 Å². The van der Waals surface area contributed by atoms with E-state index in [4.69, 9.17) is 13.9 Å². The monoisotopic (exact) mass is 400 g/mol. The van der Waals surface area contributed by atoms with Gasteiger partial charge in [0.1, 0.15) is 22.8 Å². The highest BCUT2D eigenvalue weighted by molar-refractivity contribution is 5.87. The van der Waals surface area contributed by atoms with Gasteiger partial charge < -0.3 is 23.8 Å². The van der Waals surface area contributed by atoms with Crippen LogP contribution >= 0.6 is 0 Å². The third-order valence-electron chi connectivity index (χ3n) is 4.66. The van der Waals surface area contributed by atoms with Gasteiger partial charge in [-0.05, 0) is 60.2 Å². The lowest BCUT2D eigenvalue weighted by Gasteiger charge is -2.08. The second-order valence-electron chi connectivity index (χ2n) is 6.54. The summed E-state index contributed by atoms with van der Waals surface area (Å²) in [6, 6.07) is 21.1. The summed E-state index contributed by atoms with van der Waals surface area (Å²) in [5.74, 6) is 0.772. The molecule has 0 aliphatic rings. The number of fused-ring (bicyclic) bond motifs is 1. The molecule has 0 spiro atoms. The van der Waals surface area contributed by atoms with Crippen LogP contribution in [0.15, 0.2) is 82.2 Å². The van der Waals surface area contributed by atoms with Crippen LogP contribution in [0.5, 0.6) is 11.5 Å². The van der Waals surface area contributed by atoms with Crippen LogP contribution in [-0.2, 0) is 0 Å². The van der Waals surface area contributed by atoms with Gasteiger partial charge >= 0.3 is 0 Å². The van der Waals surface area contributed by atoms with E-state index in [1.54, 1.807) is 26.4 Å². The van der Waals surface area contributed by atoms with Gasteiger partial charge in [0.2, 0.25) is 0 Å². The van der Waals surface area contributed by atoms with Crippen LogP contribution in [0.1, 0.15) is 10.4 Å². The quantitative estimate of drug-likeness (QED) is 0.510. The average molecular weight is 400 g/mol. The molecule has 0 aliphatic carbocycles. The first-order chi connectivity index (χ1) is 14.6. The molecule has 0 fully saturated rings. The molecule has 3 aromatic carbocycles. The Labute approximate surface area is 172 Å². The Kier molecular flexibility index (Phi) is 5.22. The zero-order valence-electron chi connectivity index (χ0n) is 16.4. The van der Waals surface area contributed by atoms with Crippen molar-refractivity contribution in [1.29, 1.82) is 0 Å². The highest BCUT2D eigenvalue weighted by Crippen LogP contribution is 2.26. The van der Waals surface area contributed by atoms with Crippen LogP contribution in [-0.4, -0.2) is 20.2 Å². The van der Waals surface area contributed by atoms with E-state index < -0.39 is 5.97 Å². The number of hydrogen-bond acceptors (Lipinski definition) is 6. The van der Waals surface area contributed by atoms with Gasteiger partial charge in [0.15, 0.2) is 0 Å². The van der Waals surface area contributed by atoms with Crippen LogP contribution in [0, 0.1) is 0 Å². The molecule has 6 nitrogen and oxygen atoms in total. The summed E-state index contributed by atoms with van der Waals surface area (Å²) in [5.41, 5.74) is 2.04. The summed E-state index contributed by atoms with van der Waals surface area (Å²) in [6.07, 6.45) is 0. The molecule has 0 unspecified atom stereocenters. The minimum absolute atomic E-state index is 0.0640. The summed E-state index contributed by atoms with van der Waals surface area (Å²) in [6.45, 7) is 0. The van der Waals surface area contributed by atoms with E-state index in [0.29, 0.717) is 28.1 Å². The highest BCUT2D eigenvalue weighted by Gasteiger charge is 2.08.